The van der Waals surface area contributed by atoms with E-state index in [1.165, 1.54) is 6.08 Å². The molecule has 178 valence electrons. The van der Waals surface area contributed by atoms with Crippen LogP contribution in [-0.4, -0.2) is 22.8 Å². The molecule has 0 saturated carbocycles. The molecule has 0 atom stereocenters. The maximum atomic E-state index is 12.7. The van der Waals surface area contributed by atoms with E-state index in [0.717, 1.165) is 45.3 Å². The van der Waals surface area contributed by atoms with E-state index in [2.05, 4.69) is 22.5 Å². The van der Waals surface area contributed by atoms with Crippen molar-refractivity contribution < 1.29 is 14.3 Å². The monoisotopic (exact) mass is 467 g/mol. The lowest BCUT2D eigenvalue weighted by Crippen LogP contribution is -2.10. The van der Waals surface area contributed by atoms with Crippen molar-refractivity contribution in [1.29, 1.82) is 0 Å². The van der Waals surface area contributed by atoms with Crippen LogP contribution in [0.3, 0.4) is 0 Å². The van der Waals surface area contributed by atoms with Gasteiger partial charge >= 0.3 is 0 Å². The van der Waals surface area contributed by atoms with E-state index < -0.39 is 0 Å². The van der Waals surface area contributed by atoms with Gasteiger partial charge in [-0.2, -0.15) is 5.10 Å². The van der Waals surface area contributed by atoms with Crippen molar-refractivity contribution in [3.63, 3.8) is 0 Å². The zero-order valence-corrected chi connectivity index (χ0v) is 20.2. The van der Waals surface area contributed by atoms with Gasteiger partial charge in [-0.3, -0.25) is 9.48 Å². The molecule has 4 rings (SSSR count). The number of carbonyl (C=O) groups excluding carboxylic acids is 1. The van der Waals surface area contributed by atoms with Crippen molar-refractivity contribution in [2.75, 3.05) is 12.4 Å². The van der Waals surface area contributed by atoms with Crippen LogP contribution < -0.4 is 14.8 Å². The molecule has 1 N–H and O–H groups in total. The van der Waals surface area contributed by atoms with Gasteiger partial charge in [0.25, 0.3) is 0 Å². The summed E-state index contributed by atoms with van der Waals surface area (Å²) in [5, 5.41) is 7.58. The van der Waals surface area contributed by atoms with Crippen LogP contribution in [0.1, 0.15) is 28.1 Å². The molecular formula is C29H29N3O3. The first kappa shape index (κ1) is 23.8. The number of methoxy groups -OCH3 is 1. The number of anilines is 1. The number of benzene rings is 3. The molecule has 0 aliphatic rings. The Bertz CT molecular complexity index is 1310. The fourth-order valence-corrected chi connectivity index (χ4v) is 3.82. The highest BCUT2D eigenvalue weighted by atomic mass is 16.5. The van der Waals surface area contributed by atoms with Gasteiger partial charge in [0.05, 0.1) is 30.7 Å². The van der Waals surface area contributed by atoms with Gasteiger partial charge in [-0.1, -0.05) is 54.6 Å². The van der Waals surface area contributed by atoms with E-state index in [1.54, 1.807) is 13.2 Å². The molecule has 3 aromatic carbocycles. The molecule has 35 heavy (non-hydrogen) atoms. The minimum atomic E-state index is -0.214. The van der Waals surface area contributed by atoms with Gasteiger partial charge < -0.3 is 14.8 Å². The molecule has 1 aromatic heterocycles. The van der Waals surface area contributed by atoms with Crippen LogP contribution in [0, 0.1) is 13.8 Å². The third kappa shape index (κ3) is 6.18. The number of amides is 1. The Morgan fingerprint density at radius 2 is 1.71 bits per heavy atom. The van der Waals surface area contributed by atoms with Crippen molar-refractivity contribution in [2.24, 2.45) is 0 Å². The smallest absolute Gasteiger partial charge is 0.248 e. The molecule has 4 aromatic rings. The highest BCUT2D eigenvalue weighted by Crippen LogP contribution is 2.24. The molecule has 0 aliphatic carbocycles. The summed E-state index contributed by atoms with van der Waals surface area (Å²) in [6, 6.07) is 25.5. The molecule has 0 saturated heterocycles. The van der Waals surface area contributed by atoms with Gasteiger partial charge in [0.15, 0.2) is 0 Å². The molecule has 1 amide bonds. The van der Waals surface area contributed by atoms with Crippen molar-refractivity contribution in [3.05, 3.63) is 113 Å². The lowest BCUT2D eigenvalue weighted by Gasteiger charge is -2.11. The van der Waals surface area contributed by atoms with Crippen LogP contribution in [0.5, 0.6) is 11.5 Å². The second-order valence-electron chi connectivity index (χ2n) is 8.18. The van der Waals surface area contributed by atoms with E-state index in [4.69, 9.17) is 9.47 Å². The van der Waals surface area contributed by atoms with E-state index in [-0.39, 0.29) is 5.91 Å². The van der Waals surface area contributed by atoms with E-state index in [9.17, 15) is 4.79 Å². The van der Waals surface area contributed by atoms with Crippen molar-refractivity contribution >= 4 is 17.7 Å². The second kappa shape index (κ2) is 11.2. The Hall–Kier alpha value is -4.32. The van der Waals surface area contributed by atoms with Crippen LogP contribution in [0.2, 0.25) is 0 Å². The zero-order chi connectivity index (χ0) is 24.6. The average molecular weight is 468 g/mol. The number of aryl methyl sites for hydroxylation is 1. The predicted molar refractivity (Wildman–Crippen MR) is 139 cm³/mol. The Labute approximate surface area is 205 Å². The molecule has 0 aliphatic heterocycles. The molecule has 0 radical (unpaired) electrons. The molecule has 6 nitrogen and oxygen atoms in total. The first-order valence-corrected chi connectivity index (χ1v) is 11.4. The fourth-order valence-electron chi connectivity index (χ4n) is 3.82. The Kier molecular flexibility index (Phi) is 7.63. The topological polar surface area (TPSA) is 65.4 Å². The third-order valence-corrected chi connectivity index (χ3v) is 5.67. The highest BCUT2D eigenvalue weighted by Gasteiger charge is 2.13. The number of carbonyl (C=O) groups is 1. The number of nitrogens with zero attached hydrogens (tertiary/aromatic N) is 2. The molecule has 6 heteroatoms. The Morgan fingerprint density at radius 3 is 2.43 bits per heavy atom. The summed E-state index contributed by atoms with van der Waals surface area (Å²) in [6.07, 6.45) is 3.30. The Morgan fingerprint density at radius 1 is 1.00 bits per heavy atom. The lowest BCUT2D eigenvalue weighted by molar-refractivity contribution is -0.111. The van der Waals surface area contributed by atoms with Crippen LogP contribution in [0.25, 0.3) is 6.08 Å². The maximum absolute atomic E-state index is 12.7. The summed E-state index contributed by atoms with van der Waals surface area (Å²) < 4.78 is 13.3. The van der Waals surface area contributed by atoms with Gasteiger partial charge in [0.2, 0.25) is 5.91 Å². The van der Waals surface area contributed by atoms with Crippen LogP contribution >= 0.6 is 0 Å². The van der Waals surface area contributed by atoms with Crippen molar-refractivity contribution in [2.45, 2.75) is 27.0 Å². The minimum absolute atomic E-state index is 0.214. The van der Waals surface area contributed by atoms with Crippen molar-refractivity contribution in [3.8, 4) is 11.5 Å². The first-order chi connectivity index (χ1) is 17.0. The maximum Gasteiger partial charge on any atom is 0.248 e. The zero-order valence-electron chi connectivity index (χ0n) is 20.2. The molecule has 0 unspecified atom stereocenters. The lowest BCUT2D eigenvalue weighted by atomic mass is 10.1. The number of ether oxygens (including phenoxy) is 2. The number of rotatable bonds is 9. The van der Waals surface area contributed by atoms with Crippen LogP contribution in [0.4, 0.5) is 5.69 Å². The number of para-hydroxylation sites is 1. The predicted octanol–water partition coefficient (Wildman–Crippen LogP) is 5.79. The summed E-state index contributed by atoms with van der Waals surface area (Å²) >= 11 is 0. The first-order valence-electron chi connectivity index (χ1n) is 11.4. The molecule has 0 spiro atoms. The fraction of sp³-hybridized carbons (Fsp3) is 0.172. The molecule has 0 fully saturated rings. The molecular weight excluding hydrogens is 438 g/mol. The van der Waals surface area contributed by atoms with E-state index >= 15 is 0 Å². The van der Waals surface area contributed by atoms with E-state index in [0.29, 0.717) is 13.2 Å². The number of hydrogen-bond acceptors (Lipinski definition) is 4. The minimum Gasteiger partial charge on any atom is -0.496 e. The number of aromatic nitrogens is 2. The largest absolute Gasteiger partial charge is 0.496 e. The van der Waals surface area contributed by atoms with Gasteiger partial charge in [-0.05, 0) is 55.3 Å². The van der Waals surface area contributed by atoms with Gasteiger partial charge in [0.1, 0.15) is 18.1 Å². The molecule has 0 bridgehead atoms. The van der Waals surface area contributed by atoms with Crippen LogP contribution in [-0.2, 0) is 17.9 Å². The summed E-state index contributed by atoms with van der Waals surface area (Å²) in [4.78, 5) is 12.7. The van der Waals surface area contributed by atoms with E-state index in [1.807, 2.05) is 85.3 Å². The summed E-state index contributed by atoms with van der Waals surface area (Å²) in [5.41, 5.74) is 5.36. The summed E-state index contributed by atoms with van der Waals surface area (Å²) in [5.74, 6) is 1.31. The van der Waals surface area contributed by atoms with Gasteiger partial charge in [-0.15, -0.1) is 0 Å². The highest BCUT2D eigenvalue weighted by molar-refractivity contribution is 6.02. The molecule has 1 heterocycles. The van der Waals surface area contributed by atoms with Crippen LogP contribution in [0.15, 0.2) is 84.9 Å². The number of nitrogens with one attached hydrogen (secondary N) is 1. The quantitative estimate of drug-likeness (QED) is 0.317. The van der Waals surface area contributed by atoms with Gasteiger partial charge in [0, 0.05) is 11.6 Å². The Balaban J connectivity index is 1.43. The standard InChI is InChI=1S/C29H29N3O3/c1-21-29(22(2)32(31-21)19-24-10-6-4-7-11-24)30-28(33)17-15-23-14-16-27(34-3)25(18-23)20-35-26-12-8-5-9-13-26/h4-18H,19-20H2,1-3H3,(H,30,33)/b17-15+. The average Bonchev–Trinajstić information content (AvgIpc) is 3.14. The summed E-state index contributed by atoms with van der Waals surface area (Å²) in [6.45, 7) is 4.88. The summed E-state index contributed by atoms with van der Waals surface area (Å²) in [7, 11) is 1.63. The van der Waals surface area contributed by atoms with Gasteiger partial charge in [-0.25, -0.2) is 0 Å². The second-order valence-corrected chi connectivity index (χ2v) is 8.18. The number of hydrogen-bond donors (Lipinski definition) is 1. The normalized spacial score (nSPS) is 10.9. The SMILES string of the molecule is COc1ccc(/C=C/C(=O)Nc2c(C)nn(Cc3ccccc3)c2C)cc1COc1ccccc1. The van der Waals surface area contributed by atoms with Crippen molar-refractivity contribution in [1.82, 2.24) is 9.78 Å². The third-order valence-electron chi connectivity index (χ3n) is 5.67.